The fraction of sp³-hybridized carbons (Fsp3) is 0.538. The number of methoxy groups -OCH3 is 1. The van der Waals surface area contributed by atoms with Gasteiger partial charge in [-0.05, 0) is 43.0 Å². The van der Waals surface area contributed by atoms with Crippen molar-refractivity contribution in [2.75, 3.05) is 20.3 Å². The molecule has 1 heterocycles. The SMILES string of the molecule is COc1ccc(C2(N)CCCOC2)c(C)c1. The molecule has 1 atom stereocenters. The standard InChI is InChI=1S/C13H19NO2/c1-10-8-11(15-2)4-5-12(10)13(14)6-3-7-16-9-13/h4-5,8H,3,6-7,9,14H2,1-2H3. The molecule has 0 aliphatic carbocycles. The van der Waals surface area contributed by atoms with Gasteiger partial charge < -0.3 is 15.2 Å². The van der Waals surface area contributed by atoms with Crippen molar-refractivity contribution in [3.63, 3.8) is 0 Å². The van der Waals surface area contributed by atoms with Crippen molar-refractivity contribution >= 4 is 0 Å². The molecule has 0 bridgehead atoms. The van der Waals surface area contributed by atoms with Crippen molar-refractivity contribution < 1.29 is 9.47 Å². The van der Waals surface area contributed by atoms with Gasteiger partial charge in [0.25, 0.3) is 0 Å². The Hall–Kier alpha value is -1.06. The van der Waals surface area contributed by atoms with E-state index >= 15 is 0 Å². The third kappa shape index (κ3) is 2.06. The van der Waals surface area contributed by atoms with Crippen molar-refractivity contribution in [1.29, 1.82) is 0 Å². The largest absolute Gasteiger partial charge is 0.497 e. The first-order valence-electron chi connectivity index (χ1n) is 5.67. The third-order valence-corrected chi connectivity index (χ3v) is 3.24. The van der Waals surface area contributed by atoms with E-state index in [-0.39, 0.29) is 5.54 Å². The van der Waals surface area contributed by atoms with Crippen LogP contribution in [0.5, 0.6) is 5.75 Å². The summed E-state index contributed by atoms with van der Waals surface area (Å²) >= 11 is 0. The highest BCUT2D eigenvalue weighted by Gasteiger charge is 2.31. The molecule has 2 rings (SSSR count). The van der Waals surface area contributed by atoms with E-state index in [1.165, 1.54) is 11.1 Å². The molecular formula is C13H19NO2. The summed E-state index contributed by atoms with van der Waals surface area (Å²) in [6.45, 7) is 3.51. The Kier molecular flexibility index (Phi) is 3.17. The fourth-order valence-electron chi connectivity index (χ4n) is 2.35. The van der Waals surface area contributed by atoms with Crippen LogP contribution in [0.3, 0.4) is 0 Å². The van der Waals surface area contributed by atoms with E-state index in [0.29, 0.717) is 6.61 Å². The van der Waals surface area contributed by atoms with Crippen LogP contribution in [0.15, 0.2) is 18.2 Å². The van der Waals surface area contributed by atoms with Gasteiger partial charge >= 0.3 is 0 Å². The van der Waals surface area contributed by atoms with E-state index in [1.54, 1.807) is 7.11 Å². The molecule has 3 heteroatoms. The molecule has 0 saturated carbocycles. The van der Waals surface area contributed by atoms with Gasteiger partial charge in [0.1, 0.15) is 5.75 Å². The molecule has 1 fully saturated rings. The molecule has 1 aromatic rings. The number of nitrogens with two attached hydrogens (primary N) is 1. The molecule has 0 aromatic heterocycles. The highest BCUT2D eigenvalue weighted by molar-refractivity contribution is 5.39. The molecule has 1 unspecified atom stereocenters. The first-order chi connectivity index (χ1) is 7.65. The summed E-state index contributed by atoms with van der Waals surface area (Å²) in [6.07, 6.45) is 2.02. The predicted octanol–water partition coefficient (Wildman–Crippen LogP) is 1.97. The lowest BCUT2D eigenvalue weighted by Gasteiger charge is -2.34. The number of aryl methyl sites for hydroxylation is 1. The van der Waals surface area contributed by atoms with Crippen LogP contribution in [-0.2, 0) is 10.3 Å². The second-order valence-electron chi connectivity index (χ2n) is 4.49. The van der Waals surface area contributed by atoms with Gasteiger partial charge in [0.05, 0.1) is 19.3 Å². The Labute approximate surface area is 96.5 Å². The van der Waals surface area contributed by atoms with Gasteiger partial charge in [-0.15, -0.1) is 0 Å². The number of hydrogen-bond donors (Lipinski definition) is 1. The molecule has 88 valence electrons. The maximum atomic E-state index is 6.41. The van der Waals surface area contributed by atoms with Crippen molar-refractivity contribution in [2.45, 2.75) is 25.3 Å². The molecule has 1 aromatic carbocycles. The summed E-state index contributed by atoms with van der Waals surface area (Å²) in [5.41, 5.74) is 8.43. The second kappa shape index (κ2) is 4.44. The first-order valence-corrected chi connectivity index (χ1v) is 5.67. The van der Waals surface area contributed by atoms with E-state index in [0.717, 1.165) is 25.2 Å². The second-order valence-corrected chi connectivity index (χ2v) is 4.49. The van der Waals surface area contributed by atoms with Crippen LogP contribution in [0.4, 0.5) is 0 Å². The molecule has 0 amide bonds. The van der Waals surface area contributed by atoms with Crippen molar-refractivity contribution in [1.82, 2.24) is 0 Å². The number of hydrogen-bond acceptors (Lipinski definition) is 3. The smallest absolute Gasteiger partial charge is 0.119 e. The Balaban J connectivity index is 2.32. The summed E-state index contributed by atoms with van der Waals surface area (Å²) in [5.74, 6) is 0.876. The number of ether oxygens (including phenoxy) is 2. The van der Waals surface area contributed by atoms with E-state index in [9.17, 15) is 0 Å². The molecule has 2 N–H and O–H groups in total. The van der Waals surface area contributed by atoms with Crippen LogP contribution in [0.1, 0.15) is 24.0 Å². The molecular weight excluding hydrogens is 202 g/mol. The van der Waals surface area contributed by atoms with Crippen molar-refractivity contribution in [2.24, 2.45) is 5.73 Å². The lowest BCUT2D eigenvalue weighted by molar-refractivity contribution is 0.0364. The van der Waals surface area contributed by atoms with E-state index in [1.807, 2.05) is 12.1 Å². The van der Waals surface area contributed by atoms with Crippen LogP contribution in [-0.4, -0.2) is 20.3 Å². The maximum absolute atomic E-state index is 6.41. The number of rotatable bonds is 2. The molecule has 0 spiro atoms. The summed E-state index contributed by atoms with van der Waals surface area (Å²) in [4.78, 5) is 0. The molecule has 1 saturated heterocycles. The lowest BCUT2D eigenvalue weighted by atomic mass is 9.83. The molecule has 1 aliphatic heterocycles. The zero-order valence-electron chi connectivity index (χ0n) is 9.95. The Morgan fingerprint density at radius 1 is 1.44 bits per heavy atom. The van der Waals surface area contributed by atoms with Crippen molar-refractivity contribution in [3.05, 3.63) is 29.3 Å². The molecule has 0 radical (unpaired) electrons. The summed E-state index contributed by atoms with van der Waals surface area (Å²) in [7, 11) is 1.68. The fourth-order valence-corrected chi connectivity index (χ4v) is 2.35. The minimum Gasteiger partial charge on any atom is -0.497 e. The zero-order chi connectivity index (χ0) is 11.6. The lowest BCUT2D eigenvalue weighted by Crippen LogP contribution is -2.45. The van der Waals surface area contributed by atoms with Gasteiger partial charge in [0, 0.05) is 6.61 Å². The van der Waals surface area contributed by atoms with Crippen LogP contribution < -0.4 is 10.5 Å². The Morgan fingerprint density at radius 2 is 2.25 bits per heavy atom. The van der Waals surface area contributed by atoms with E-state index in [2.05, 4.69) is 13.0 Å². The van der Waals surface area contributed by atoms with Crippen molar-refractivity contribution in [3.8, 4) is 5.75 Å². The van der Waals surface area contributed by atoms with Gasteiger partial charge in [0.2, 0.25) is 0 Å². The Morgan fingerprint density at radius 3 is 2.81 bits per heavy atom. The predicted molar refractivity (Wildman–Crippen MR) is 63.6 cm³/mol. The van der Waals surface area contributed by atoms with Crippen LogP contribution in [0, 0.1) is 6.92 Å². The minimum atomic E-state index is -0.325. The molecule has 1 aliphatic rings. The first kappa shape index (κ1) is 11.4. The summed E-state index contributed by atoms with van der Waals surface area (Å²) in [5, 5.41) is 0. The highest BCUT2D eigenvalue weighted by Crippen LogP contribution is 2.31. The number of benzene rings is 1. The zero-order valence-corrected chi connectivity index (χ0v) is 9.95. The van der Waals surface area contributed by atoms with E-state index in [4.69, 9.17) is 15.2 Å². The molecule has 3 nitrogen and oxygen atoms in total. The highest BCUT2D eigenvalue weighted by atomic mass is 16.5. The summed E-state index contributed by atoms with van der Waals surface area (Å²) < 4.78 is 10.7. The van der Waals surface area contributed by atoms with Gasteiger partial charge in [-0.25, -0.2) is 0 Å². The van der Waals surface area contributed by atoms with Crippen LogP contribution >= 0.6 is 0 Å². The van der Waals surface area contributed by atoms with E-state index < -0.39 is 0 Å². The monoisotopic (exact) mass is 221 g/mol. The van der Waals surface area contributed by atoms with Crippen LogP contribution in [0.2, 0.25) is 0 Å². The topological polar surface area (TPSA) is 44.5 Å². The van der Waals surface area contributed by atoms with Gasteiger partial charge in [-0.3, -0.25) is 0 Å². The quantitative estimate of drug-likeness (QED) is 0.830. The minimum absolute atomic E-state index is 0.325. The van der Waals surface area contributed by atoms with Crippen LogP contribution in [0.25, 0.3) is 0 Å². The average molecular weight is 221 g/mol. The third-order valence-electron chi connectivity index (χ3n) is 3.24. The van der Waals surface area contributed by atoms with Gasteiger partial charge in [-0.1, -0.05) is 6.07 Å². The van der Waals surface area contributed by atoms with Gasteiger partial charge in [-0.2, -0.15) is 0 Å². The maximum Gasteiger partial charge on any atom is 0.119 e. The Bertz CT molecular complexity index is 370. The average Bonchev–Trinajstić information content (AvgIpc) is 2.29. The normalized spacial score (nSPS) is 25.4. The molecule has 16 heavy (non-hydrogen) atoms. The summed E-state index contributed by atoms with van der Waals surface area (Å²) in [6, 6.07) is 6.05. The van der Waals surface area contributed by atoms with Gasteiger partial charge in [0.15, 0.2) is 0 Å².